The first-order valence-electron chi connectivity index (χ1n) is 14.1. The van der Waals surface area contributed by atoms with Gasteiger partial charge in [0, 0.05) is 6.42 Å². The van der Waals surface area contributed by atoms with Gasteiger partial charge in [0.05, 0.1) is 12.6 Å². The van der Waals surface area contributed by atoms with Crippen LogP contribution in [0.4, 0.5) is 0 Å². The normalized spacial score (nSPS) is 15.4. The standard InChI is InChI=1S/C27H48N6O9/c1-8-15(6)22(33-24(38)17(28)11-13(2)3)26(40)32-21(14(4)5)25(39)30-16(7)23(37)29-12-19(34)31-18(27(41)42)9-10-20(35)36/h13-18,21-22H,8-12,28H2,1-7H3,(H,29,37)(H,30,39)(H,31,34)(H,32,40)(H,33,38)(H,35,36)(H,41,42)/t15-,16-,17-,18-,21-,22-/m0/s1. The third-order valence-corrected chi connectivity index (χ3v) is 6.56. The van der Waals surface area contributed by atoms with Crippen molar-refractivity contribution in [1.29, 1.82) is 0 Å². The van der Waals surface area contributed by atoms with Gasteiger partial charge in [-0.05, 0) is 37.5 Å². The Kier molecular flexibility index (Phi) is 17.0. The van der Waals surface area contributed by atoms with Crippen molar-refractivity contribution in [3.8, 4) is 0 Å². The van der Waals surface area contributed by atoms with Crippen molar-refractivity contribution >= 4 is 41.5 Å². The predicted octanol–water partition coefficient (Wildman–Crippen LogP) is -0.913. The minimum atomic E-state index is -1.45. The molecule has 9 N–H and O–H groups in total. The van der Waals surface area contributed by atoms with Crippen molar-refractivity contribution in [1.82, 2.24) is 26.6 Å². The van der Waals surface area contributed by atoms with E-state index in [4.69, 9.17) is 15.9 Å². The van der Waals surface area contributed by atoms with Gasteiger partial charge >= 0.3 is 11.9 Å². The first-order valence-corrected chi connectivity index (χ1v) is 14.1. The molecule has 0 aromatic rings. The van der Waals surface area contributed by atoms with Gasteiger partial charge in [0.15, 0.2) is 0 Å². The Morgan fingerprint density at radius 3 is 1.76 bits per heavy atom. The third kappa shape index (κ3) is 14.2. The Hall–Kier alpha value is -3.75. The second-order valence-electron chi connectivity index (χ2n) is 11.2. The Bertz CT molecular complexity index is 972. The topological polar surface area (TPSA) is 246 Å². The molecule has 0 bridgehead atoms. The highest BCUT2D eigenvalue weighted by Crippen LogP contribution is 2.12. The Morgan fingerprint density at radius 1 is 0.738 bits per heavy atom. The lowest BCUT2D eigenvalue weighted by molar-refractivity contribution is -0.143. The molecule has 5 amide bonds. The van der Waals surface area contributed by atoms with Crippen LogP contribution in [0, 0.1) is 17.8 Å². The maximum Gasteiger partial charge on any atom is 0.326 e. The monoisotopic (exact) mass is 600 g/mol. The van der Waals surface area contributed by atoms with E-state index < -0.39 is 90.6 Å². The number of nitrogens with one attached hydrogen (secondary N) is 5. The van der Waals surface area contributed by atoms with E-state index in [9.17, 15) is 33.6 Å². The quantitative estimate of drug-likeness (QED) is 0.0906. The van der Waals surface area contributed by atoms with E-state index in [1.807, 2.05) is 20.8 Å². The van der Waals surface area contributed by atoms with Gasteiger partial charge in [-0.2, -0.15) is 0 Å². The smallest absolute Gasteiger partial charge is 0.326 e. The van der Waals surface area contributed by atoms with E-state index in [1.54, 1.807) is 20.8 Å². The average Bonchev–Trinajstić information content (AvgIpc) is 2.89. The van der Waals surface area contributed by atoms with E-state index in [-0.39, 0.29) is 18.3 Å². The molecule has 0 aliphatic carbocycles. The Morgan fingerprint density at radius 2 is 1.29 bits per heavy atom. The summed E-state index contributed by atoms with van der Waals surface area (Å²) in [4.78, 5) is 85.3. The van der Waals surface area contributed by atoms with Crippen LogP contribution in [0.15, 0.2) is 0 Å². The molecule has 42 heavy (non-hydrogen) atoms. The van der Waals surface area contributed by atoms with Crippen LogP contribution >= 0.6 is 0 Å². The first-order chi connectivity index (χ1) is 19.4. The molecule has 0 rings (SSSR count). The molecule has 240 valence electrons. The molecule has 0 aliphatic heterocycles. The SMILES string of the molecule is CC[C@H](C)[C@H](NC(=O)[C@@H](N)CC(C)C)C(=O)N[C@H](C(=O)N[C@@H](C)C(=O)NCC(=O)N[C@@H](CCC(=O)O)C(=O)O)C(C)C. The van der Waals surface area contributed by atoms with Crippen molar-refractivity contribution in [3.63, 3.8) is 0 Å². The van der Waals surface area contributed by atoms with Gasteiger partial charge in [0.2, 0.25) is 29.5 Å². The van der Waals surface area contributed by atoms with E-state index in [1.165, 1.54) is 6.92 Å². The van der Waals surface area contributed by atoms with Crippen LogP contribution in [0.1, 0.15) is 74.1 Å². The summed E-state index contributed by atoms with van der Waals surface area (Å²) in [7, 11) is 0. The molecule has 0 saturated carbocycles. The highest BCUT2D eigenvalue weighted by atomic mass is 16.4. The van der Waals surface area contributed by atoms with Crippen molar-refractivity contribution in [2.24, 2.45) is 23.5 Å². The first kappa shape index (κ1) is 38.2. The zero-order valence-electron chi connectivity index (χ0n) is 25.5. The van der Waals surface area contributed by atoms with E-state index in [0.29, 0.717) is 12.8 Å². The van der Waals surface area contributed by atoms with Crippen LogP contribution in [-0.2, 0) is 33.6 Å². The van der Waals surface area contributed by atoms with Crippen molar-refractivity contribution in [3.05, 3.63) is 0 Å². The molecule has 0 aromatic carbocycles. The van der Waals surface area contributed by atoms with Gasteiger partial charge in [-0.25, -0.2) is 4.79 Å². The molecule has 0 heterocycles. The summed E-state index contributed by atoms with van der Waals surface area (Å²) in [6.07, 6.45) is 0.180. The lowest BCUT2D eigenvalue weighted by Crippen LogP contribution is -2.60. The molecule has 0 unspecified atom stereocenters. The van der Waals surface area contributed by atoms with Crippen molar-refractivity contribution in [2.45, 2.75) is 104 Å². The Balaban J connectivity index is 5.24. The maximum atomic E-state index is 13.2. The molecular formula is C27H48N6O9. The number of carbonyl (C=O) groups excluding carboxylic acids is 5. The third-order valence-electron chi connectivity index (χ3n) is 6.56. The lowest BCUT2D eigenvalue weighted by Gasteiger charge is -2.29. The van der Waals surface area contributed by atoms with Gasteiger partial charge in [-0.1, -0.05) is 48.0 Å². The van der Waals surface area contributed by atoms with Crippen LogP contribution < -0.4 is 32.3 Å². The molecule has 0 spiro atoms. The van der Waals surface area contributed by atoms with Crippen LogP contribution in [0.5, 0.6) is 0 Å². The summed E-state index contributed by atoms with van der Waals surface area (Å²) in [6.45, 7) is 11.6. The number of hydrogen-bond donors (Lipinski definition) is 8. The van der Waals surface area contributed by atoms with Crippen molar-refractivity contribution < 1.29 is 43.8 Å². The highest BCUT2D eigenvalue weighted by Gasteiger charge is 2.33. The molecule has 0 fully saturated rings. The fraction of sp³-hybridized carbons (Fsp3) is 0.741. The minimum Gasteiger partial charge on any atom is -0.481 e. The van der Waals surface area contributed by atoms with E-state index in [0.717, 1.165) is 0 Å². The lowest BCUT2D eigenvalue weighted by atomic mass is 9.95. The van der Waals surface area contributed by atoms with Gasteiger partial charge in [0.25, 0.3) is 0 Å². The van der Waals surface area contributed by atoms with Gasteiger partial charge in [-0.15, -0.1) is 0 Å². The fourth-order valence-electron chi connectivity index (χ4n) is 3.81. The molecule has 15 nitrogen and oxygen atoms in total. The number of carboxylic acids is 2. The molecule has 15 heteroatoms. The molecular weight excluding hydrogens is 552 g/mol. The second-order valence-corrected chi connectivity index (χ2v) is 11.2. The van der Waals surface area contributed by atoms with E-state index in [2.05, 4.69) is 26.6 Å². The molecule has 0 saturated heterocycles. The molecule has 0 aromatic heterocycles. The minimum absolute atomic E-state index is 0.176. The summed E-state index contributed by atoms with van der Waals surface area (Å²) >= 11 is 0. The molecule has 0 aliphatic rings. The van der Waals surface area contributed by atoms with Gasteiger partial charge in [0.1, 0.15) is 24.2 Å². The van der Waals surface area contributed by atoms with Crippen LogP contribution in [0.3, 0.4) is 0 Å². The number of carbonyl (C=O) groups is 7. The Labute approximate surface area is 246 Å². The summed E-state index contributed by atoms with van der Waals surface area (Å²) in [6, 6.07) is -5.39. The maximum absolute atomic E-state index is 13.2. The summed E-state index contributed by atoms with van der Waals surface area (Å²) < 4.78 is 0. The predicted molar refractivity (Wildman–Crippen MR) is 153 cm³/mol. The number of carboxylic acid groups (broad SMARTS) is 2. The fourth-order valence-corrected chi connectivity index (χ4v) is 3.81. The summed E-state index contributed by atoms with van der Waals surface area (Å²) in [5.41, 5.74) is 5.98. The zero-order chi connectivity index (χ0) is 32.7. The van der Waals surface area contributed by atoms with Crippen LogP contribution in [-0.4, -0.2) is 88.4 Å². The summed E-state index contributed by atoms with van der Waals surface area (Å²) in [5.74, 6) is -6.48. The molecule has 6 atom stereocenters. The number of rotatable bonds is 19. The number of nitrogens with two attached hydrogens (primary N) is 1. The molecule has 0 radical (unpaired) electrons. The van der Waals surface area contributed by atoms with Crippen LogP contribution in [0.2, 0.25) is 0 Å². The number of aliphatic carboxylic acids is 2. The number of hydrogen-bond acceptors (Lipinski definition) is 8. The average molecular weight is 601 g/mol. The zero-order valence-corrected chi connectivity index (χ0v) is 25.5. The number of amides is 5. The second kappa shape index (κ2) is 18.6. The van der Waals surface area contributed by atoms with Gasteiger partial charge < -0.3 is 42.5 Å². The van der Waals surface area contributed by atoms with Crippen molar-refractivity contribution in [2.75, 3.05) is 6.54 Å². The van der Waals surface area contributed by atoms with Gasteiger partial charge in [-0.3, -0.25) is 28.8 Å². The van der Waals surface area contributed by atoms with Crippen LogP contribution in [0.25, 0.3) is 0 Å². The largest absolute Gasteiger partial charge is 0.481 e. The van der Waals surface area contributed by atoms with E-state index >= 15 is 0 Å². The highest BCUT2D eigenvalue weighted by molar-refractivity contribution is 5.95. The summed E-state index contributed by atoms with van der Waals surface area (Å²) in [5, 5.41) is 30.1.